The van der Waals surface area contributed by atoms with E-state index < -0.39 is 0 Å². The van der Waals surface area contributed by atoms with Gasteiger partial charge in [0, 0.05) is 38.0 Å². The predicted molar refractivity (Wildman–Crippen MR) is 84.9 cm³/mol. The average Bonchev–Trinajstić information content (AvgIpc) is 2.46. The van der Waals surface area contributed by atoms with Gasteiger partial charge in [-0.05, 0) is 26.7 Å². The summed E-state index contributed by atoms with van der Waals surface area (Å²) in [6, 6.07) is 0.126. The van der Waals surface area contributed by atoms with Gasteiger partial charge in [-0.25, -0.2) is 0 Å². The van der Waals surface area contributed by atoms with Crippen molar-refractivity contribution in [3.63, 3.8) is 0 Å². The molecule has 0 saturated heterocycles. The molecule has 1 rings (SSSR count). The molecule has 1 aliphatic rings. The van der Waals surface area contributed by atoms with Crippen LogP contribution in [0.4, 0.5) is 0 Å². The highest BCUT2D eigenvalue weighted by Gasteiger charge is 2.32. The Hall–Kier alpha value is -1.47. The topological polar surface area (TPSA) is 93.7 Å². The number of ketones is 1. The molecule has 2 N–H and O–H groups in total. The lowest BCUT2D eigenvalue weighted by Gasteiger charge is -2.34. The third kappa shape index (κ3) is 8.66. The molecular weight excluding hydrogens is 300 g/mol. The summed E-state index contributed by atoms with van der Waals surface area (Å²) in [6.45, 7) is 5.63. The quantitative estimate of drug-likeness (QED) is 0.506. The Morgan fingerprint density at radius 3 is 2.30 bits per heavy atom. The van der Waals surface area contributed by atoms with Gasteiger partial charge in [-0.15, -0.1) is 0 Å². The van der Waals surface area contributed by atoms with E-state index in [0.29, 0.717) is 45.8 Å². The molecule has 0 aromatic heterocycles. The summed E-state index contributed by atoms with van der Waals surface area (Å²) in [5.41, 5.74) is 0. The standard InChI is InChI=1S/C16H28N2O5/c1-3-22-7-4-15(20)17-6-9-23-8-5-16(21)18-14-10-13(11-14)12(2)19/h13-14H,3-11H2,1-2H3,(H,17,20)(H,18,21). The minimum absolute atomic E-state index is 0.0576. The van der Waals surface area contributed by atoms with E-state index in [1.165, 1.54) is 0 Å². The predicted octanol–water partition coefficient (Wildman–Crippen LogP) is 0.420. The fourth-order valence-electron chi connectivity index (χ4n) is 2.29. The van der Waals surface area contributed by atoms with Crippen molar-refractivity contribution < 1.29 is 23.9 Å². The zero-order chi connectivity index (χ0) is 17.1. The fraction of sp³-hybridized carbons (Fsp3) is 0.812. The van der Waals surface area contributed by atoms with Gasteiger partial charge in [0.1, 0.15) is 5.78 Å². The van der Waals surface area contributed by atoms with Gasteiger partial charge < -0.3 is 20.1 Å². The number of hydrogen-bond donors (Lipinski definition) is 2. The minimum Gasteiger partial charge on any atom is -0.381 e. The van der Waals surface area contributed by atoms with Crippen molar-refractivity contribution in [3.8, 4) is 0 Å². The Labute approximate surface area is 137 Å². The second-order valence-electron chi connectivity index (χ2n) is 5.70. The lowest BCUT2D eigenvalue weighted by molar-refractivity contribution is -0.128. The number of amides is 2. The molecule has 0 bridgehead atoms. The maximum atomic E-state index is 11.7. The van der Waals surface area contributed by atoms with E-state index in [4.69, 9.17) is 9.47 Å². The van der Waals surface area contributed by atoms with Crippen LogP contribution < -0.4 is 10.6 Å². The summed E-state index contributed by atoms with van der Waals surface area (Å²) in [7, 11) is 0. The SMILES string of the molecule is CCOCCC(=O)NCCOCCC(=O)NC1CC(C(C)=O)C1. The van der Waals surface area contributed by atoms with Gasteiger partial charge in [0.05, 0.1) is 19.8 Å². The summed E-state index contributed by atoms with van der Waals surface area (Å²) >= 11 is 0. The van der Waals surface area contributed by atoms with Crippen molar-refractivity contribution in [1.29, 1.82) is 0 Å². The Morgan fingerprint density at radius 1 is 1.00 bits per heavy atom. The molecule has 7 nitrogen and oxygen atoms in total. The Bertz CT molecular complexity index is 394. The van der Waals surface area contributed by atoms with E-state index >= 15 is 0 Å². The van der Waals surface area contributed by atoms with E-state index in [2.05, 4.69) is 10.6 Å². The summed E-state index contributed by atoms with van der Waals surface area (Å²) < 4.78 is 10.4. The third-order valence-electron chi connectivity index (χ3n) is 3.80. The van der Waals surface area contributed by atoms with E-state index in [1.807, 2.05) is 6.92 Å². The first-order chi connectivity index (χ1) is 11.0. The first-order valence-corrected chi connectivity index (χ1v) is 8.25. The summed E-state index contributed by atoms with van der Waals surface area (Å²) in [6.07, 6.45) is 2.13. The molecule has 0 aliphatic heterocycles. The van der Waals surface area contributed by atoms with Crippen LogP contribution in [-0.4, -0.2) is 56.6 Å². The average molecular weight is 328 g/mol. The second kappa shape index (κ2) is 11.1. The van der Waals surface area contributed by atoms with E-state index in [0.717, 1.165) is 12.8 Å². The number of carbonyl (C=O) groups is 3. The molecular formula is C16H28N2O5. The molecule has 2 amide bonds. The minimum atomic E-state index is -0.0650. The molecule has 0 atom stereocenters. The van der Waals surface area contributed by atoms with Crippen LogP contribution in [0.15, 0.2) is 0 Å². The molecule has 0 heterocycles. The Morgan fingerprint density at radius 2 is 1.65 bits per heavy atom. The lowest BCUT2D eigenvalue weighted by atomic mass is 9.78. The van der Waals surface area contributed by atoms with Crippen molar-refractivity contribution in [2.45, 2.75) is 45.6 Å². The maximum absolute atomic E-state index is 11.7. The summed E-state index contributed by atoms with van der Waals surface area (Å²) in [5.74, 6) is 0.188. The van der Waals surface area contributed by atoms with Gasteiger partial charge in [-0.3, -0.25) is 14.4 Å². The Balaban J connectivity index is 1.90. The number of ether oxygens (including phenoxy) is 2. The van der Waals surface area contributed by atoms with Crippen LogP contribution in [0.2, 0.25) is 0 Å². The number of Topliss-reactive ketones (excluding diaryl/α,β-unsaturated/α-hetero) is 1. The van der Waals surface area contributed by atoms with E-state index in [9.17, 15) is 14.4 Å². The highest BCUT2D eigenvalue weighted by molar-refractivity contribution is 5.80. The molecule has 0 radical (unpaired) electrons. The smallest absolute Gasteiger partial charge is 0.222 e. The molecule has 1 saturated carbocycles. The molecule has 0 unspecified atom stereocenters. The largest absolute Gasteiger partial charge is 0.381 e. The summed E-state index contributed by atoms with van der Waals surface area (Å²) in [5, 5.41) is 5.60. The normalized spacial score (nSPS) is 19.7. The van der Waals surface area contributed by atoms with E-state index in [1.54, 1.807) is 6.92 Å². The zero-order valence-corrected chi connectivity index (χ0v) is 14.1. The van der Waals surface area contributed by atoms with Gasteiger partial charge in [0.2, 0.25) is 11.8 Å². The van der Waals surface area contributed by atoms with E-state index in [-0.39, 0.29) is 29.6 Å². The number of rotatable bonds is 12. The molecule has 23 heavy (non-hydrogen) atoms. The highest BCUT2D eigenvalue weighted by Crippen LogP contribution is 2.27. The van der Waals surface area contributed by atoms with Gasteiger partial charge in [-0.2, -0.15) is 0 Å². The first kappa shape index (κ1) is 19.6. The van der Waals surface area contributed by atoms with Gasteiger partial charge in [0.15, 0.2) is 0 Å². The van der Waals surface area contributed by atoms with Gasteiger partial charge in [0.25, 0.3) is 0 Å². The highest BCUT2D eigenvalue weighted by atomic mass is 16.5. The van der Waals surface area contributed by atoms with Crippen LogP contribution in [0.3, 0.4) is 0 Å². The van der Waals surface area contributed by atoms with Crippen LogP contribution in [-0.2, 0) is 23.9 Å². The fourth-order valence-corrected chi connectivity index (χ4v) is 2.29. The molecule has 132 valence electrons. The molecule has 7 heteroatoms. The molecule has 1 aliphatic carbocycles. The van der Waals surface area contributed by atoms with Crippen molar-refractivity contribution in [1.82, 2.24) is 10.6 Å². The van der Waals surface area contributed by atoms with Crippen LogP contribution in [0.5, 0.6) is 0 Å². The second-order valence-corrected chi connectivity index (χ2v) is 5.70. The van der Waals surface area contributed by atoms with Crippen LogP contribution in [0, 0.1) is 5.92 Å². The van der Waals surface area contributed by atoms with Crippen molar-refractivity contribution in [2.75, 3.05) is 33.0 Å². The molecule has 1 fully saturated rings. The monoisotopic (exact) mass is 328 g/mol. The molecule has 0 aromatic carbocycles. The van der Waals surface area contributed by atoms with Gasteiger partial charge >= 0.3 is 0 Å². The summed E-state index contributed by atoms with van der Waals surface area (Å²) in [4.78, 5) is 34.1. The van der Waals surface area contributed by atoms with Gasteiger partial charge in [-0.1, -0.05) is 0 Å². The van der Waals surface area contributed by atoms with Crippen LogP contribution >= 0.6 is 0 Å². The number of carbonyl (C=O) groups excluding carboxylic acids is 3. The lowest BCUT2D eigenvalue weighted by Crippen LogP contribution is -2.46. The van der Waals surface area contributed by atoms with Crippen molar-refractivity contribution >= 4 is 17.6 Å². The molecule has 0 spiro atoms. The van der Waals surface area contributed by atoms with Crippen LogP contribution in [0.1, 0.15) is 39.5 Å². The third-order valence-corrected chi connectivity index (χ3v) is 3.80. The number of nitrogens with one attached hydrogen (secondary N) is 2. The maximum Gasteiger partial charge on any atom is 0.222 e. The number of hydrogen-bond acceptors (Lipinski definition) is 5. The van der Waals surface area contributed by atoms with Crippen LogP contribution in [0.25, 0.3) is 0 Å². The molecule has 0 aromatic rings. The van der Waals surface area contributed by atoms with Crippen molar-refractivity contribution in [2.24, 2.45) is 5.92 Å². The van der Waals surface area contributed by atoms with Crippen molar-refractivity contribution in [3.05, 3.63) is 0 Å². The first-order valence-electron chi connectivity index (χ1n) is 8.25. The Kier molecular flexibility index (Phi) is 9.47. The zero-order valence-electron chi connectivity index (χ0n) is 14.1.